The smallest absolute Gasteiger partial charge is 0.417 e. The van der Waals surface area contributed by atoms with E-state index in [4.69, 9.17) is 4.74 Å². The van der Waals surface area contributed by atoms with E-state index in [0.29, 0.717) is 5.69 Å². The molecule has 0 atom stereocenters. The second-order valence-electron chi connectivity index (χ2n) is 6.21. The molecule has 31 heavy (non-hydrogen) atoms. The van der Waals surface area contributed by atoms with Crippen molar-refractivity contribution >= 4 is 17.6 Å². The van der Waals surface area contributed by atoms with E-state index in [1.807, 2.05) is 0 Å². The van der Waals surface area contributed by atoms with Gasteiger partial charge in [-0.2, -0.15) is 23.0 Å². The number of aromatic nitrogens is 2. The largest absolute Gasteiger partial charge is 0.461 e. The molecule has 0 bridgehead atoms. The number of carbonyl (C=O) groups is 2. The molecule has 1 N–H and O–H groups in total. The van der Waals surface area contributed by atoms with E-state index in [1.54, 1.807) is 37.3 Å². The SMILES string of the molecule is CCOC(=O)c1nn(-c2ccccc2)c(=O)cc1NC(=O)c1ccccc1C(F)(F)F. The lowest BCUT2D eigenvalue weighted by Gasteiger charge is -2.15. The van der Waals surface area contributed by atoms with Crippen molar-refractivity contribution in [2.75, 3.05) is 11.9 Å². The number of ether oxygens (including phenoxy) is 1. The van der Waals surface area contributed by atoms with Gasteiger partial charge in [-0.1, -0.05) is 30.3 Å². The summed E-state index contributed by atoms with van der Waals surface area (Å²) in [6.45, 7) is 1.53. The summed E-state index contributed by atoms with van der Waals surface area (Å²) in [6, 6.07) is 13.2. The third-order valence-electron chi connectivity index (χ3n) is 4.13. The fourth-order valence-corrected chi connectivity index (χ4v) is 2.77. The van der Waals surface area contributed by atoms with Gasteiger partial charge in [0.2, 0.25) is 0 Å². The number of hydrogen-bond donors (Lipinski definition) is 1. The van der Waals surface area contributed by atoms with Crippen molar-refractivity contribution in [3.63, 3.8) is 0 Å². The maximum atomic E-state index is 13.2. The predicted octanol–water partition coefficient (Wildman–Crippen LogP) is 3.68. The minimum atomic E-state index is -4.77. The quantitative estimate of drug-likeness (QED) is 0.623. The number of esters is 1. The highest BCUT2D eigenvalue weighted by molar-refractivity contribution is 6.08. The van der Waals surface area contributed by atoms with Gasteiger partial charge in [0.15, 0.2) is 5.69 Å². The first kappa shape index (κ1) is 21.8. The summed E-state index contributed by atoms with van der Waals surface area (Å²) in [5.41, 5.74) is -2.98. The summed E-state index contributed by atoms with van der Waals surface area (Å²) in [7, 11) is 0. The number of anilines is 1. The third kappa shape index (κ3) is 4.80. The van der Waals surface area contributed by atoms with E-state index in [-0.39, 0.29) is 12.3 Å². The van der Waals surface area contributed by atoms with Crippen molar-refractivity contribution in [3.05, 3.63) is 87.8 Å². The molecule has 0 fully saturated rings. The van der Waals surface area contributed by atoms with Crippen LogP contribution >= 0.6 is 0 Å². The molecular weight excluding hydrogens is 415 g/mol. The molecule has 1 aromatic heterocycles. The van der Waals surface area contributed by atoms with Gasteiger partial charge in [0, 0.05) is 6.07 Å². The monoisotopic (exact) mass is 431 g/mol. The molecule has 0 radical (unpaired) electrons. The molecule has 0 aliphatic rings. The van der Waals surface area contributed by atoms with Crippen LogP contribution in [-0.2, 0) is 10.9 Å². The Morgan fingerprint density at radius 2 is 1.71 bits per heavy atom. The number of para-hydroxylation sites is 1. The van der Waals surface area contributed by atoms with Crippen molar-refractivity contribution in [1.29, 1.82) is 0 Å². The fraction of sp³-hybridized carbons (Fsp3) is 0.143. The highest BCUT2D eigenvalue weighted by Gasteiger charge is 2.35. The second kappa shape index (κ2) is 8.82. The summed E-state index contributed by atoms with van der Waals surface area (Å²) in [6.07, 6.45) is -4.77. The normalized spacial score (nSPS) is 11.1. The molecule has 0 aliphatic heterocycles. The number of nitrogens with zero attached hydrogens (tertiary/aromatic N) is 2. The number of hydrogen-bond acceptors (Lipinski definition) is 5. The summed E-state index contributed by atoms with van der Waals surface area (Å²) in [4.78, 5) is 37.5. The molecule has 0 saturated heterocycles. The zero-order valence-electron chi connectivity index (χ0n) is 16.1. The van der Waals surface area contributed by atoms with Crippen LogP contribution in [0.5, 0.6) is 0 Å². The molecule has 1 amide bonds. The van der Waals surface area contributed by atoms with E-state index in [1.165, 1.54) is 6.07 Å². The second-order valence-corrected chi connectivity index (χ2v) is 6.21. The number of rotatable bonds is 5. The fourth-order valence-electron chi connectivity index (χ4n) is 2.77. The molecule has 2 aromatic carbocycles. The van der Waals surface area contributed by atoms with Crippen LogP contribution in [0.2, 0.25) is 0 Å². The number of alkyl halides is 3. The molecule has 3 rings (SSSR count). The van der Waals surface area contributed by atoms with Gasteiger partial charge < -0.3 is 10.1 Å². The van der Waals surface area contributed by atoms with Crippen LogP contribution < -0.4 is 10.9 Å². The van der Waals surface area contributed by atoms with Crippen molar-refractivity contribution < 1.29 is 27.5 Å². The van der Waals surface area contributed by atoms with Crippen molar-refractivity contribution in [2.24, 2.45) is 0 Å². The minimum Gasteiger partial charge on any atom is -0.461 e. The summed E-state index contributed by atoms with van der Waals surface area (Å²) in [5.74, 6) is -2.11. The Hall–Kier alpha value is -3.95. The standard InChI is InChI=1S/C21H16F3N3O4/c1-2-31-20(30)18-16(12-17(28)27(26-18)13-8-4-3-5-9-13)25-19(29)14-10-6-7-11-15(14)21(22,23)24/h3-12H,2H2,1H3,(H,25,29). The molecule has 10 heteroatoms. The van der Waals surface area contributed by atoms with Crippen LogP contribution in [0.4, 0.5) is 18.9 Å². The number of halogens is 3. The number of nitrogens with one attached hydrogen (secondary N) is 1. The Morgan fingerprint density at radius 1 is 1.06 bits per heavy atom. The van der Waals surface area contributed by atoms with Crippen LogP contribution in [0, 0.1) is 0 Å². The zero-order valence-corrected chi connectivity index (χ0v) is 16.1. The highest BCUT2D eigenvalue weighted by Crippen LogP contribution is 2.32. The van der Waals surface area contributed by atoms with Crippen molar-refractivity contribution in [1.82, 2.24) is 9.78 Å². The van der Waals surface area contributed by atoms with Gasteiger partial charge in [0.25, 0.3) is 11.5 Å². The Bertz CT molecular complexity index is 1170. The van der Waals surface area contributed by atoms with E-state index in [0.717, 1.165) is 28.9 Å². The Kier molecular flexibility index (Phi) is 6.19. The van der Waals surface area contributed by atoms with Crippen LogP contribution in [0.25, 0.3) is 5.69 Å². The minimum absolute atomic E-state index is 0.0186. The van der Waals surface area contributed by atoms with Gasteiger partial charge in [-0.3, -0.25) is 9.59 Å². The third-order valence-corrected chi connectivity index (χ3v) is 4.13. The van der Waals surface area contributed by atoms with Gasteiger partial charge in [0.05, 0.1) is 29.1 Å². The zero-order chi connectivity index (χ0) is 22.6. The van der Waals surface area contributed by atoms with E-state index in [9.17, 15) is 27.6 Å². The van der Waals surface area contributed by atoms with Crippen LogP contribution in [0.3, 0.4) is 0 Å². The maximum absolute atomic E-state index is 13.2. The first-order chi connectivity index (χ1) is 14.7. The van der Waals surface area contributed by atoms with Crippen molar-refractivity contribution in [3.8, 4) is 5.69 Å². The lowest BCUT2D eigenvalue weighted by molar-refractivity contribution is -0.137. The van der Waals surface area contributed by atoms with Gasteiger partial charge in [0.1, 0.15) is 0 Å². The Morgan fingerprint density at radius 3 is 2.35 bits per heavy atom. The number of carbonyl (C=O) groups excluding carboxylic acids is 2. The van der Waals surface area contributed by atoms with E-state index in [2.05, 4.69) is 10.4 Å². The lowest BCUT2D eigenvalue weighted by atomic mass is 10.1. The maximum Gasteiger partial charge on any atom is 0.417 e. The molecule has 0 saturated carbocycles. The molecule has 0 spiro atoms. The van der Waals surface area contributed by atoms with Crippen LogP contribution in [0.1, 0.15) is 33.3 Å². The Labute approximate surface area is 174 Å². The van der Waals surface area contributed by atoms with E-state index < -0.39 is 40.4 Å². The number of benzene rings is 2. The topological polar surface area (TPSA) is 90.3 Å². The first-order valence-corrected chi connectivity index (χ1v) is 9.07. The molecule has 1 heterocycles. The van der Waals surface area contributed by atoms with Gasteiger partial charge >= 0.3 is 12.1 Å². The van der Waals surface area contributed by atoms with Crippen LogP contribution in [0.15, 0.2) is 65.5 Å². The molecule has 160 valence electrons. The van der Waals surface area contributed by atoms with E-state index >= 15 is 0 Å². The molecular formula is C21H16F3N3O4. The van der Waals surface area contributed by atoms with Gasteiger partial charge in [-0.15, -0.1) is 0 Å². The molecule has 3 aromatic rings. The number of amides is 1. The summed E-state index contributed by atoms with van der Waals surface area (Å²) < 4.78 is 45.6. The van der Waals surface area contributed by atoms with Gasteiger partial charge in [-0.05, 0) is 31.2 Å². The summed E-state index contributed by atoms with van der Waals surface area (Å²) >= 11 is 0. The highest BCUT2D eigenvalue weighted by atomic mass is 19.4. The predicted molar refractivity (Wildman–Crippen MR) is 105 cm³/mol. The average molecular weight is 431 g/mol. The van der Waals surface area contributed by atoms with Crippen LogP contribution in [-0.4, -0.2) is 28.3 Å². The van der Waals surface area contributed by atoms with Gasteiger partial charge in [-0.25, -0.2) is 4.79 Å². The lowest BCUT2D eigenvalue weighted by Crippen LogP contribution is -2.27. The first-order valence-electron chi connectivity index (χ1n) is 9.07. The molecule has 0 aliphatic carbocycles. The molecule has 7 nitrogen and oxygen atoms in total. The average Bonchev–Trinajstić information content (AvgIpc) is 2.74. The van der Waals surface area contributed by atoms with Crippen molar-refractivity contribution in [2.45, 2.75) is 13.1 Å². The summed E-state index contributed by atoms with van der Waals surface area (Å²) in [5, 5.41) is 6.15. The Balaban J connectivity index is 2.07. The molecule has 0 unspecified atom stereocenters.